The summed E-state index contributed by atoms with van der Waals surface area (Å²) in [5.41, 5.74) is 0.504. The van der Waals surface area contributed by atoms with Gasteiger partial charge in [0, 0.05) is 12.5 Å². The second-order valence-electron chi connectivity index (χ2n) is 5.86. The Balaban J connectivity index is 2.40. The van der Waals surface area contributed by atoms with E-state index in [4.69, 9.17) is 9.47 Å². The molecule has 0 fully saturated rings. The van der Waals surface area contributed by atoms with Gasteiger partial charge >= 0.3 is 5.97 Å². The first-order chi connectivity index (χ1) is 11.9. The third-order valence-electron chi connectivity index (χ3n) is 3.85. The molecule has 134 valence electrons. The van der Waals surface area contributed by atoms with E-state index < -0.39 is 18.2 Å². The maximum Gasteiger partial charge on any atom is 0.342 e. The van der Waals surface area contributed by atoms with Gasteiger partial charge in [-0.2, -0.15) is 0 Å². The lowest BCUT2D eigenvalue weighted by Crippen LogP contribution is -2.18. The Hall–Kier alpha value is -2.60. The zero-order chi connectivity index (χ0) is 18.4. The highest BCUT2D eigenvalue weighted by atomic mass is 16.5. The predicted octanol–water partition coefficient (Wildman–Crippen LogP) is 2.63. The van der Waals surface area contributed by atoms with Crippen LogP contribution in [0.5, 0.6) is 11.5 Å². The molecule has 0 aliphatic carbocycles. The van der Waals surface area contributed by atoms with Crippen LogP contribution in [0.15, 0.2) is 30.4 Å². The number of ether oxygens (including phenoxy) is 2. The average molecular weight is 346 g/mol. The molecule has 6 nitrogen and oxygen atoms in total. The van der Waals surface area contributed by atoms with Crippen molar-refractivity contribution < 1.29 is 29.3 Å². The second-order valence-corrected chi connectivity index (χ2v) is 5.86. The highest BCUT2D eigenvalue weighted by Crippen LogP contribution is 2.30. The minimum atomic E-state index is -1.07. The number of carbonyl (C=O) groups is 2. The minimum absolute atomic E-state index is 0.0570. The Morgan fingerprint density at radius 3 is 2.68 bits per heavy atom. The number of rotatable bonds is 1. The topological polar surface area (TPSA) is 93.1 Å². The third kappa shape index (κ3) is 4.93. The minimum Gasteiger partial charge on any atom is -0.507 e. The Morgan fingerprint density at radius 1 is 1.20 bits per heavy atom. The summed E-state index contributed by atoms with van der Waals surface area (Å²) in [6.45, 7) is 1.69. The molecule has 2 N–H and O–H groups in total. The molecule has 0 bridgehead atoms. The summed E-state index contributed by atoms with van der Waals surface area (Å²) in [5, 5.41) is 20.0. The molecule has 2 atom stereocenters. The fourth-order valence-electron chi connectivity index (χ4n) is 2.48. The summed E-state index contributed by atoms with van der Waals surface area (Å²) in [5.74, 6) is -0.845. The fourth-order valence-corrected chi connectivity index (χ4v) is 2.48. The predicted molar refractivity (Wildman–Crippen MR) is 92.6 cm³/mol. The molecule has 0 spiro atoms. The number of ketones is 1. The lowest BCUT2D eigenvalue weighted by Gasteiger charge is -2.15. The quantitative estimate of drug-likeness (QED) is 0.759. The number of phenolic OH excluding ortho intramolecular Hbond substituents is 1. The Kier molecular flexibility index (Phi) is 6.36. The zero-order valence-electron chi connectivity index (χ0n) is 14.3. The number of fused-ring (bicyclic) bond motifs is 1. The van der Waals surface area contributed by atoms with Crippen LogP contribution in [0, 0.1) is 0 Å². The normalized spacial score (nSPS) is 23.3. The monoisotopic (exact) mass is 346 g/mol. The number of cyclic esters (lactones) is 1. The van der Waals surface area contributed by atoms with E-state index in [-0.39, 0.29) is 23.5 Å². The van der Waals surface area contributed by atoms with E-state index in [9.17, 15) is 19.8 Å². The van der Waals surface area contributed by atoms with Gasteiger partial charge in [0.05, 0.1) is 7.11 Å². The van der Waals surface area contributed by atoms with Crippen molar-refractivity contribution in [1.82, 2.24) is 0 Å². The molecule has 2 rings (SSSR count). The first kappa shape index (κ1) is 18.7. The van der Waals surface area contributed by atoms with Crippen molar-refractivity contribution in [3.8, 4) is 11.5 Å². The van der Waals surface area contributed by atoms with Crippen molar-refractivity contribution >= 4 is 17.8 Å². The van der Waals surface area contributed by atoms with Crippen molar-refractivity contribution in [1.29, 1.82) is 0 Å². The number of hydrogen-bond acceptors (Lipinski definition) is 6. The molecular weight excluding hydrogens is 324 g/mol. The Labute approximate surface area is 146 Å². The molecule has 0 aromatic heterocycles. The molecule has 0 amide bonds. The number of allylic oxidation sites excluding steroid dienone is 1. The lowest BCUT2D eigenvalue weighted by molar-refractivity contribution is -0.122. The smallest absolute Gasteiger partial charge is 0.342 e. The second kappa shape index (κ2) is 8.48. The van der Waals surface area contributed by atoms with Crippen LogP contribution in [0.2, 0.25) is 0 Å². The molecule has 6 heteroatoms. The third-order valence-corrected chi connectivity index (χ3v) is 3.85. The standard InChI is InChI=1S/C19H22O6/c1-12-6-5-9-16(21)15(20)8-4-3-7-13-10-14(24-2)11-17(22)18(13)19(23)25-12/h3,5,7,9-12,15,20,22H,4,6,8H2,1-2H3/b7-3?,9-5-/t12-,15-/m0/s1. The highest BCUT2D eigenvalue weighted by Gasteiger charge is 2.21. The number of aromatic hydroxyl groups is 1. The number of aliphatic hydroxyl groups is 1. The van der Waals surface area contributed by atoms with Crippen molar-refractivity contribution in [3.63, 3.8) is 0 Å². The number of methoxy groups -OCH3 is 1. The van der Waals surface area contributed by atoms with Crippen molar-refractivity contribution in [2.45, 2.75) is 38.4 Å². The maximum absolute atomic E-state index is 12.4. The summed E-state index contributed by atoms with van der Waals surface area (Å²) in [7, 11) is 1.46. The van der Waals surface area contributed by atoms with E-state index >= 15 is 0 Å². The molecule has 25 heavy (non-hydrogen) atoms. The lowest BCUT2D eigenvalue weighted by atomic mass is 10.0. The van der Waals surface area contributed by atoms with Crippen LogP contribution in [-0.2, 0) is 9.53 Å². The first-order valence-electron chi connectivity index (χ1n) is 8.09. The van der Waals surface area contributed by atoms with Crippen LogP contribution in [0.1, 0.15) is 42.1 Å². The van der Waals surface area contributed by atoms with E-state index in [0.29, 0.717) is 24.2 Å². The van der Waals surface area contributed by atoms with E-state index in [0.717, 1.165) is 0 Å². The van der Waals surface area contributed by atoms with Gasteiger partial charge in [0.15, 0.2) is 5.78 Å². The van der Waals surface area contributed by atoms with Crippen LogP contribution >= 0.6 is 0 Å². The van der Waals surface area contributed by atoms with Gasteiger partial charge in [-0.25, -0.2) is 4.79 Å². The van der Waals surface area contributed by atoms with E-state index in [1.54, 1.807) is 31.2 Å². The number of aliphatic hydroxyl groups excluding tert-OH is 1. The molecule has 0 radical (unpaired) electrons. The van der Waals surface area contributed by atoms with Crippen LogP contribution in [0.4, 0.5) is 0 Å². The van der Waals surface area contributed by atoms with Gasteiger partial charge in [0.2, 0.25) is 0 Å². The first-order valence-corrected chi connectivity index (χ1v) is 8.09. The Morgan fingerprint density at radius 2 is 1.96 bits per heavy atom. The van der Waals surface area contributed by atoms with Crippen LogP contribution < -0.4 is 4.74 Å². The molecule has 1 heterocycles. The molecule has 1 aromatic carbocycles. The Bertz CT molecular complexity index is 704. The van der Waals surface area contributed by atoms with Gasteiger partial charge in [-0.3, -0.25) is 4.79 Å². The number of carbonyl (C=O) groups excluding carboxylic acids is 2. The number of phenols is 1. The van der Waals surface area contributed by atoms with Crippen molar-refractivity contribution in [2.24, 2.45) is 0 Å². The summed E-state index contributed by atoms with van der Waals surface area (Å²) in [6, 6.07) is 2.97. The average Bonchev–Trinajstić information content (AvgIpc) is 2.56. The van der Waals surface area contributed by atoms with Gasteiger partial charge in [-0.05, 0) is 37.5 Å². The molecule has 1 aliphatic heterocycles. The molecule has 1 aliphatic rings. The van der Waals surface area contributed by atoms with Gasteiger partial charge < -0.3 is 19.7 Å². The molecule has 0 unspecified atom stereocenters. The van der Waals surface area contributed by atoms with E-state index in [1.807, 2.05) is 0 Å². The van der Waals surface area contributed by atoms with Crippen LogP contribution in [0.25, 0.3) is 6.08 Å². The number of esters is 1. The maximum atomic E-state index is 12.4. The largest absolute Gasteiger partial charge is 0.507 e. The SMILES string of the molecule is COc1cc(O)c2c(c1)C=CCC[C@H](O)C(=O)/C=C\C[C@H](C)OC2=O. The van der Waals surface area contributed by atoms with Crippen LogP contribution in [0.3, 0.4) is 0 Å². The zero-order valence-corrected chi connectivity index (χ0v) is 14.3. The van der Waals surface area contributed by atoms with E-state index in [1.165, 1.54) is 19.3 Å². The highest BCUT2D eigenvalue weighted by molar-refractivity contribution is 5.97. The van der Waals surface area contributed by atoms with Gasteiger partial charge in [-0.15, -0.1) is 0 Å². The van der Waals surface area contributed by atoms with Crippen molar-refractivity contribution in [2.75, 3.05) is 7.11 Å². The van der Waals surface area contributed by atoms with Gasteiger partial charge in [0.25, 0.3) is 0 Å². The summed E-state index contributed by atoms with van der Waals surface area (Å²) < 4.78 is 10.5. The number of hydrogen-bond donors (Lipinski definition) is 2. The number of benzene rings is 1. The van der Waals surface area contributed by atoms with Gasteiger partial charge in [-0.1, -0.05) is 18.2 Å². The molecule has 1 aromatic rings. The van der Waals surface area contributed by atoms with E-state index in [2.05, 4.69) is 0 Å². The van der Waals surface area contributed by atoms with Crippen LogP contribution in [-0.4, -0.2) is 41.3 Å². The fraction of sp³-hybridized carbons (Fsp3) is 0.368. The van der Waals surface area contributed by atoms with Gasteiger partial charge in [0.1, 0.15) is 29.3 Å². The summed E-state index contributed by atoms with van der Waals surface area (Å²) in [6.07, 6.45) is 5.71. The molecule has 0 saturated heterocycles. The molecule has 0 saturated carbocycles. The van der Waals surface area contributed by atoms with Crippen molar-refractivity contribution in [3.05, 3.63) is 41.5 Å². The summed E-state index contributed by atoms with van der Waals surface area (Å²) in [4.78, 5) is 24.2. The summed E-state index contributed by atoms with van der Waals surface area (Å²) >= 11 is 0. The molecular formula is C19H22O6.